The largest absolute Gasteiger partial charge is 0.298 e. The highest BCUT2D eigenvalue weighted by Gasteiger charge is 2.08. The van der Waals surface area contributed by atoms with Crippen LogP contribution in [0.4, 0.5) is 0 Å². The molecular weight excluding hydrogens is 252 g/mol. The van der Waals surface area contributed by atoms with Gasteiger partial charge in [-0.3, -0.25) is 4.79 Å². The van der Waals surface area contributed by atoms with Gasteiger partial charge in [0.05, 0.1) is 0 Å². The van der Waals surface area contributed by atoms with Crippen LogP contribution in [0.25, 0.3) is 31.6 Å². The quantitative estimate of drug-likeness (QED) is 0.348. The van der Waals surface area contributed by atoms with Crippen molar-refractivity contribution in [2.45, 2.75) is 0 Å². The van der Waals surface area contributed by atoms with E-state index in [0.29, 0.717) is 0 Å². The SMILES string of the molecule is O=Cc1cc2c(ccc3ccsc32)c2ccccc12. The van der Waals surface area contributed by atoms with E-state index < -0.39 is 0 Å². The van der Waals surface area contributed by atoms with Gasteiger partial charge in [0.1, 0.15) is 0 Å². The number of benzene rings is 3. The van der Waals surface area contributed by atoms with Crippen LogP contribution in [0.3, 0.4) is 0 Å². The standard InChI is InChI=1S/C17H10OS/c18-10-12-9-16-15(14-4-2-1-3-13(12)14)6-5-11-7-8-19-17(11)16/h1-10H. The van der Waals surface area contributed by atoms with Gasteiger partial charge in [0.25, 0.3) is 0 Å². The minimum atomic E-state index is 0.768. The van der Waals surface area contributed by atoms with Gasteiger partial charge in [-0.15, -0.1) is 11.3 Å². The minimum absolute atomic E-state index is 0.768. The summed E-state index contributed by atoms with van der Waals surface area (Å²) in [6.07, 6.45) is 0.953. The molecule has 0 aliphatic heterocycles. The van der Waals surface area contributed by atoms with Gasteiger partial charge in [0, 0.05) is 15.6 Å². The summed E-state index contributed by atoms with van der Waals surface area (Å²) in [6, 6.07) is 16.5. The summed E-state index contributed by atoms with van der Waals surface area (Å²) in [5.41, 5.74) is 0.768. The Hall–Kier alpha value is -2.19. The molecule has 1 heterocycles. The van der Waals surface area contributed by atoms with Gasteiger partial charge in [0.2, 0.25) is 0 Å². The van der Waals surface area contributed by atoms with Crippen molar-refractivity contribution in [3.63, 3.8) is 0 Å². The Morgan fingerprint density at radius 3 is 2.47 bits per heavy atom. The molecule has 4 rings (SSSR count). The first-order chi connectivity index (χ1) is 9.38. The molecule has 0 fully saturated rings. The van der Waals surface area contributed by atoms with E-state index in [-0.39, 0.29) is 0 Å². The molecule has 0 unspecified atom stereocenters. The number of fused-ring (bicyclic) bond motifs is 5. The van der Waals surface area contributed by atoms with Crippen molar-refractivity contribution in [3.8, 4) is 0 Å². The molecule has 0 N–H and O–H groups in total. The lowest BCUT2D eigenvalue weighted by atomic mass is 9.97. The number of rotatable bonds is 1. The second-order valence-corrected chi connectivity index (χ2v) is 5.54. The smallest absolute Gasteiger partial charge is 0.150 e. The van der Waals surface area contributed by atoms with Gasteiger partial charge in [-0.25, -0.2) is 0 Å². The van der Waals surface area contributed by atoms with E-state index in [2.05, 4.69) is 29.6 Å². The fourth-order valence-electron chi connectivity index (χ4n) is 2.73. The first-order valence-electron chi connectivity index (χ1n) is 6.15. The predicted octanol–water partition coefficient (Wildman–Crippen LogP) is 5.02. The molecule has 0 aliphatic carbocycles. The Morgan fingerprint density at radius 2 is 1.63 bits per heavy atom. The van der Waals surface area contributed by atoms with Crippen LogP contribution in [-0.2, 0) is 0 Å². The monoisotopic (exact) mass is 262 g/mol. The highest BCUT2D eigenvalue weighted by Crippen LogP contribution is 2.35. The number of hydrogen-bond donors (Lipinski definition) is 0. The molecule has 1 aromatic heterocycles. The maximum atomic E-state index is 11.3. The Labute approximate surface area is 114 Å². The van der Waals surface area contributed by atoms with E-state index in [1.165, 1.54) is 20.9 Å². The van der Waals surface area contributed by atoms with Crippen LogP contribution in [0.2, 0.25) is 0 Å². The maximum absolute atomic E-state index is 11.3. The molecule has 4 aromatic rings. The molecule has 3 aromatic carbocycles. The van der Waals surface area contributed by atoms with Crippen LogP contribution >= 0.6 is 11.3 Å². The fourth-order valence-corrected chi connectivity index (χ4v) is 3.65. The van der Waals surface area contributed by atoms with E-state index in [1.807, 2.05) is 24.3 Å². The van der Waals surface area contributed by atoms with Crippen LogP contribution in [-0.4, -0.2) is 6.29 Å². The molecule has 0 spiro atoms. The molecule has 90 valence electrons. The average Bonchev–Trinajstić information content (AvgIpc) is 2.95. The van der Waals surface area contributed by atoms with Crippen molar-refractivity contribution >= 4 is 49.3 Å². The molecule has 0 aliphatic rings. The summed E-state index contributed by atoms with van der Waals surface area (Å²) in [7, 11) is 0. The second-order valence-electron chi connectivity index (χ2n) is 4.63. The average molecular weight is 262 g/mol. The zero-order valence-corrected chi connectivity index (χ0v) is 10.9. The molecule has 0 atom stereocenters. The number of aldehydes is 1. The second kappa shape index (κ2) is 3.90. The first-order valence-corrected chi connectivity index (χ1v) is 7.03. The fraction of sp³-hybridized carbons (Fsp3) is 0. The summed E-state index contributed by atoms with van der Waals surface area (Å²) < 4.78 is 1.26. The van der Waals surface area contributed by atoms with Crippen molar-refractivity contribution in [2.75, 3.05) is 0 Å². The normalized spacial score (nSPS) is 11.4. The Kier molecular flexibility index (Phi) is 2.20. The molecule has 2 heteroatoms. The number of carbonyl (C=O) groups excluding carboxylic acids is 1. The molecule has 1 nitrogen and oxygen atoms in total. The number of hydrogen-bond acceptors (Lipinski definition) is 2. The first kappa shape index (κ1) is 10.7. The summed E-state index contributed by atoms with van der Waals surface area (Å²) in [4.78, 5) is 11.3. The molecule has 0 bridgehead atoms. The van der Waals surface area contributed by atoms with E-state index in [4.69, 9.17) is 0 Å². The third-order valence-electron chi connectivity index (χ3n) is 3.62. The lowest BCUT2D eigenvalue weighted by molar-refractivity contribution is 0.112. The summed E-state index contributed by atoms with van der Waals surface area (Å²) >= 11 is 1.73. The topological polar surface area (TPSA) is 17.1 Å². The zero-order valence-electron chi connectivity index (χ0n) is 10.1. The zero-order chi connectivity index (χ0) is 12.8. The van der Waals surface area contributed by atoms with Gasteiger partial charge in [-0.05, 0) is 39.1 Å². The molecule has 0 amide bonds. The van der Waals surface area contributed by atoms with Crippen LogP contribution in [0.15, 0.2) is 53.9 Å². The van der Waals surface area contributed by atoms with Gasteiger partial charge in [0.15, 0.2) is 6.29 Å². The van der Waals surface area contributed by atoms with Crippen molar-refractivity contribution in [1.82, 2.24) is 0 Å². The predicted molar refractivity (Wildman–Crippen MR) is 82.2 cm³/mol. The van der Waals surface area contributed by atoms with Crippen molar-refractivity contribution in [1.29, 1.82) is 0 Å². The molecular formula is C17H10OS. The van der Waals surface area contributed by atoms with Gasteiger partial charge in [-0.1, -0.05) is 36.4 Å². The van der Waals surface area contributed by atoms with Crippen LogP contribution in [0, 0.1) is 0 Å². The summed E-state index contributed by atoms with van der Waals surface area (Å²) in [5.74, 6) is 0. The Bertz CT molecular complexity index is 934. The van der Waals surface area contributed by atoms with Crippen LogP contribution in [0.1, 0.15) is 10.4 Å². The molecule has 0 radical (unpaired) electrons. The van der Waals surface area contributed by atoms with Crippen molar-refractivity contribution < 1.29 is 4.79 Å². The molecule has 0 saturated heterocycles. The maximum Gasteiger partial charge on any atom is 0.150 e. The van der Waals surface area contributed by atoms with E-state index in [1.54, 1.807) is 11.3 Å². The number of thiophene rings is 1. The Morgan fingerprint density at radius 1 is 0.842 bits per heavy atom. The Balaban J connectivity index is 2.36. The van der Waals surface area contributed by atoms with Gasteiger partial charge in [-0.2, -0.15) is 0 Å². The molecule has 0 saturated carbocycles. The number of carbonyl (C=O) groups is 1. The van der Waals surface area contributed by atoms with Crippen LogP contribution < -0.4 is 0 Å². The van der Waals surface area contributed by atoms with Crippen LogP contribution in [0.5, 0.6) is 0 Å². The van der Waals surface area contributed by atoms with E-state index >= 15 is 0 Å². The van der Waals surface area contributed by atoms with E-state index in [0.717, 1.165) is 22.6 Å². The highest BCUT2D eigenvalue weighted by atomic mass is 32.1. The van der Waals surface area contributed by atoms with Crippen molar-refractivity contribution in [2.24, 2.45) is 0 Å². The van der Waals surface area contributed by atoms with Crippen molar-refractivity contribution in [3.05, 3.63) is 59.5 Å². The summed E-state index contributed by atoms with van der Waals surface area (Å²) in [6.45, 7) is 0. The lowest BCUT2D eigenvalue weighted by Gasteiger charge is -2.07. The van der Waals surface area contributed by atoms with Gasteiger partial charge < -0.3 is 0 Å². The highest BCUT2D eigenvalue weighted by molar-refractivity contribution is 7.18. The minimum Gasteiger partial charge on any atom is -0.298 e. The third-order valence-corrected chi connectivity index (χ3v) is 4.58. The third kappa shape index (κ3) is 1.44. The molecule has 19 heavy (non-hydrogen) atoms. The van der Waals surface area contributed by atoms with Gasteiger partial charge >= 0.3 is 0 Å². The van der Waals surface area contributed by atoms with E-state index in [9.17, 15) is 4.79 Å². The lowest BCUT2D eigenvalue weighted by Crippen LogP contribution is -1.86. The summed E-state index contributed by atoms with van der Waals surface area (Å²) in [5, 5.41) is 7.91.